The monoisotopic (exact) mass is 435 g/mol. The number of piperidine rings is 1. The molecule has 0 N–H and O–H groups in total. The summed E-state index contributed by atoms with van der Waals surface area (Å²) in [7, 11) is 3.14. The number of aromatic nitrogens is 2. The van der Waals surface area contributed by atoms with Gasteiger partial charge in [0, 0.05) is 24.7 Å². The van der Waals surface area contributed by atoms with E-state index in [2.05, 4.69) is 36.1 Å². The molecule has 0 spiro atoms. The fraction of sp³-hybridized carbons (Fsp3) is 0.400. The van der Waals surface area contributed by atoms with Crippen LogP contribution in [0.5, 0.6) is 11.5 Å². The first kappa shape index (κ1) is 21.9. The molecule has 0 bridgehead atoms. The molecule has 7 heteroatoms. The molecule has 0 aliphatic carbocycles. The predicted molar refractivity (Wildman–Crippen MR) is 121 cm³/mol. The van der Waals surface area contributed by atoms with Crippen molar-refractivity contribution < 1.29 is 18.8 Å². The Labute approximate surface area is 188 Å². The topological polar surface area (TPSA) is 77.7 Å². The van der Waals surface area contributed by atoms with Crippen molar-refractivity contribution in [3.63, 3.8) is 0 Å². The van der Waals surface area contributed by atoms with Crippen molar-refractivity contribution in [1.29, 1.82) is 0 Å². The summed E-state index contributed by atoms with van der Waals surface area (Å²) in [5.74, 6) is 2.71. The highest BCUT2D eigenvalue weighted by Crippen LogP contribution is 2.31. The van der Waals surface area contributed by atoms with E-state index in [1.807, 2.05) is 17.0 Å². The Morgan fingerprint density at radius 1 is 1.12 bits per heavy atom. The van der Waals surface area contributed by atoms with E-state index in [1.54, 1.807) is 32.4 Å². The number of nitrogens with zero attached hydrogens (tertiary/aromatic N) is 3. The molecule has 1 aromatic heterocycles. The minimum absolute atomic E-state index is 0.00753. The number of benzene rings is 2. The Hall–Kier alpha value is -3.35. The van der Waals surface area contributed by atoms with Crippen LogP contribution in [0.15, 0.2) is 47.0 Å². The van der Waals surface area contributed by atoms with Crippen LogP contribution in [0.3, 0.4) is 0 Å². The number of hydrogen-bond donors (Lipinski definition) is 0. The van der Waals surface area contributed by atoms with E-state index in [1.165, 1.54) is 5.56 Å². The van der Waals surface area contributed by atoms with Gasteiger partial charge in [-0.25, -0.2) is 0 Å². The van der Waals surface area contributed by atoms with Crippen molar-refractivity contribution in [1.82, 2.24) is 15.0 Å². The third kappa shape index (κ3) is 4.47. The molecule has 1 saturated heterocycles. The van der Waals surface area contributed by atoms with Crippen LogP contribution in [0.4, 0.5) is 0 Å². The second-order valence-corrected chi connectivity index (χ2v) is 8.39. The molecule has 4 rings (SSSR count). The van der Waals surface area contributed by atoms with Gasteiger partial charge < -0.3 is 18.9 Å². The van der Waals surface area contributed by atoms with E-state index in [9.17, 15) is 4.79 Å². The van der Waals surface area contributed by atoms with Gasteiger partial charge in [-0.1, -0.05) is 43.3 Å². The summed E-state index contributed by atoms with van der Waals surface area (Å²) in [6.45, 7) is 5.54. The summed E-state index contributed by atoms with van der Waals surface area (Å²) in [6, 6.07) is 13.5. The number of likely N-dealkylation sites (tertiary alicyclic amines) is 1. The van der Waals surface area contributed by atoms with Gasteiger partial charge in [-0.3, -0.25) is 4.79 Å². The van der Waals surface area contributed by atoms with Gasteiger partial charge in [0.15, 0.2) is 0 Å². The molecule has 7 nitrogen and oxygen atoms in total. The number of carbonyl (C=O) groups excluding carboxylic acids is 1. The van der Waals surface area contributed by atoms with Crippen LogP contribution in [0.1, 0.15) is 60.3 Å². The van der Waals surface area contributed by atoms with Crippen molar-refractivity contribution in [2.75, 3.05) is 27.3 Å². The van der Waals surface area contributed by atoms with E-state index in [-0.39, 0.29) is 11.8 Å². The molecule has 0 radical (unpaired) electrons. The van der Waals surface area contributed by atoms with Crippen molar-refractivity contribution in [2.24, 2.45) is 0 Å². The van der Waals surface area contributed by atoms with Crippen LogP contribution in [0.25, 0.3) is 11.4 Å². The molecule has 1 unspecified atom stereocenters. The van der Waals surface area contributed by atoms with Gasteiger partial charge in [-0.15, -0.1) is 0 Å². The summed E-state index contributed by atoms with van der Waals surface area (Å²) < 4.78 is 16.3. The third-order valence-electron chi connectivity index (χ3n) is 5.97. The maximum atomic E-state index is 13.2. The highest BCUT2D eigenvalue weighted by molar-refractivity contribution is 5.97. The van der Waals surface area contributed by atoms with Crippen molar-refractivity contribution in [2.45, 2.75) is 38.5 Å². The van der Waals surface area contributed by atoms with E-state index in [0.717, 1.165) is 18.4 Å². The first-order valence-corrected chi connectivity index (χ1v) is 11.0. The highest BCUT2D eigenvalue weighted by atomic mass is 16.5. The molecular formula is C25H29N3O4. The van der Waals surface area contributed by atoms with Gasteiger partial charge in [0.25, 0.3) is 5.91 Å². The average Bonchev–Trinajstić information content (AvgIpc) is 3.33. The van der Waals surface area contributed by atoms with E-state index < -0.39 is 0 Å². The van der Waals surface area contributed by atoms with Gasteiger partial charge in [0.1, 0.15) is 11.5 Å². The average molecular weight is 436 g/mol. The lowest BCUT2D eigenvalue weighted by Gasteiger charge is -2.31. The smallest absolute Gasteiger partial charge is 0.257 e. The van der Waals surface area contributed by atoms with E-state index in [4.69, 9.17) is 14.0 Å². The molecule has 2 aromatic carbocycles. The summed E-state index contributed by atoms with van der Waals surface area (Å²) >= 11 is 0. The Morgan fingerprint density at radius 3 is 2.59 bits per heavy atom. The van der Waals surface area contributed by atoms with Gasteiger partial charge in [-0.05, 0) is 36.5 Å². The summed E-state index contributed by atoms with van der Waals surface area (Å²) in [5.41, 5.74) is 2.72. The molecular weight excluding hydrogens is 406 g/mol. The number of rotatable bonds is 6. The van der Waals surface area contributed by atoms with Crippen LogP contribution in [0, 0.1) is 0 Å². The molecule has 1 fully saturated rings. The number of ether oxygens (including phenoxy) is 2. The van der Waals surface area contributed by atoms with Crippen molar-refractivity contribution in [3.05, 3.63) is 59.5 Å². The molecule has 1 aliphatic heterocycles. The maximum Gasteiger partial charge on any atom is 0.257 e. The van der Waals surface area contributed by atoms with Gasteiger partial charge in [0.2, 0.25) is 11.7 Å². The van der Waals surface area contributed by atoms with E-state index >= 15 is 0 Å². The molecule has 3 aromatic rings. The number of methoxy groups -OCH3 is 2. The lowest BCUT2D eigenvalue weighted by molar-refractivity contribution is 0.0692. The van der Waals surface area contributed by atoms with Crippen molar-refractivity contribution in [3.8, 4) is 22.9 Å². The van der Waals surface area contributed by atoms with Crippen LogP contribution in [-0.4, -0.2) is 48.3 Å². The zero-order valence-electron chi connectivity index (χ0n) is 19.0. The molecule has 32 heavy (non-hydrogen) atoms. The highest BCUT2D eigenvalue weighted by Gasteiger charge is 2.30. The Bertz CT molecular complexity index is 1080. The minimum Gasteiger partial charge on any atom is -0.497 e. The normalized spacial score (nSPS) is 16.3. The molecule has 1 aliphatic rings. The summed E-state index contributed by atoms with van der Waals surface area (Å²) in [5, 5.41) is 4.19. The molecule has 1 amide bonds. The maximum absolute atomic E-state index is 13.2. The molecule has 1 atom stereocenters. The zero-order chi connectivity index (χ0) is 22.7. The Morgan fingerprint density at radius 2 is 1.91 bits per heavy atom. The van der Waals surface area contributed by atoms with Crippen LogP contribution in [-0.2, 0) is 0 Å². The number of amides is 1. The second-order valence-electron chi connectivity index (χ2n) is 8.39. The van der Waals surface area contributed by atoms with E-state index in [0.29, 0.717) is 47.8 Å². The number of hydrogen-bond acceptors (Lipinski definition) is 6. The van der Waals surface area contributed by atoms with Gasteiger partial charge >= 0.3 is 0 Å². The SMILES string of the molecule is COc1ccc(C(=O)N2CCCC(c3nc(-c4ccc(C(C)C)cc4)no3)C2)c(OC)c1. The van der Waals surface area contributed by atoms with Crippen molar-refractivity contribution >= 4 is 5.91 Å². The van der Waals surface area contributed by atoms with Crippen LogP contribution < -0.4 is 9.47 Å². The lowest BCUT2D eigenvalue weighted by Crippen LogP contribution is -2.39. The summed E-state index contributed by atoms with van der Waals surface area (Å²) in [6.07, 6.45) is 1.77. The first-order valence-electron chi connectivity index (χ1n) is 11.0. The fourth-order valence-corrected chi connectivity index (χ4v) is 4.04. The molecule has 168 valence electrons. The zero-order valence-corrected chi connectivity index (χ0v) is 19.0. The molecule has 0 saturated carbocycles. The van der Waals surface area contributed by atoms with Crippen LogP contribution in [0.2, 0.25) is 0 Å². The standard InChI is InChI=1S/C25H29N3O4/c1-16(2)17-7-9-18(10-8-17)23-26-24(32-27-23)19-6-5-13-28(15-19)25(29)21-12-11-20(30-3)14-22(21)31-4/h7-12,14,16,19H,5-6,13,15H2,1-4H3. The second kappa shape index (κ2) is 9.42. The quantitative estimate of drug-likeness (QED) is 0.548. The van der Waals surface area contributed by atoms with Crippen LogP contribution >= 0.6 is 0 Å². The lowest BCUT2D eigenvalue weighted by atomic mass is 9.97. The Kier molecular flexibility index (Phi) is 6.44. The molecule has 2 heterocycles. The first-order chi connectivity index (χ1) is 15.5. The largest absolute Gasteiger partial charge is 0.497 e. The third-order valence-corrected chi connectivity index (χ3v) is 5.97. The minimum atomic E-state index is -0.0711. The van der Waals surface area contributed by atoms with Gasteiger partial charge in [0.05, 0.1) is 25.7 Å². The summed E-state index contributed by atoms with van der Waals surface area (Å²) in [4.78, 5) is 19.7. The fourth-order valence-electron chi connectivity index (χ4n) is 4.04. The van der Waals surface area contributed by atoms with Gasteiger partial charge in [-0.2, -0.15) is 4.98 Å². The number of carbonyl (C=O) groups is 1. The predicted octanol–water partition coefficient (Wildman–Crippen LogP) is 4.90. The Balaban J connectivity index is 1.49.